The van der Waals surface area contributed by atoms with Gasteiger partial charge in [-0.25, -0.2) is 9.59 Å². The number of hydrogen-bond acceptors (Lipinski definition) is 7. The van der Waals surface area contributed by atoms with Gasteiger partial charge in [0.05, 0.1) is 49.9 Å². The van der Waals surface area contributed by atoms with Crippen molar-refractivity contribution in [2.75, 3.05) is 49.6 Å². The molecule has 1 N–H and O–H groups in total. The van der Waals surface area contributed by atoms with Crippen molar-refractivity contribution in [2.24, 2.45) is 0 Å². The lowest BCUT2D eigenvalue weighted by molar-refractivity contribution is 0.121. The fourth-order valence-electron chi connectivity index (χ4n) is 5.44. The van der Waals surface area contributed by atoms with Crippen LogP contribution in [0.3, 0.4) is 0 Å². The number of amides is 2. The van der Waals surface area contributed by atoms with E-state index in [0.717, 1.165) is 43.9 Å². The third kappa shape index (κ3) is 7.10. The Morgan fingerprint density at radius 2 is 1.92 bits per heavy atom. The van der Waals surface area contributed by atoms with Crippen LogP contribution in [-0.2, 0) is 16.0 Å². The number of fused-ring (bicyclic) bond motifs is 1. The van der Waals surface area contributed by atoms with Crippen molar-refractivity contribution in [1.82, 2.24) is 20.0 Å². The highest BCUT2D eigenvalue weighted by Crippen LogP contribution is 2.39. The van der Waals surface area contributed by atoms with Gasteiger partial charge in [0.1, 0.15) is 0 Å². The van der Waals surface area contributed by atoms with Crippen LogP contribution in [0.4, 0.5) is 21.0 Å². The minimum Gasteiger partial charge on any atom is -0.452 e. The van der Waals surface area contributed by atoms with E-state index in [-0.39, 0.29) is 12.1 Å². The minimum absolute atomic E-state index is 0.253. The van der Waals surface area contributed by atoms with Crippen LogP contribution < -0.4 is 15.1 Å². The van der Waals surface area contributed by atoms with Crippen LogP contribution >= 0.6 is 0 Å². The number of aromatic nitrogens is 2. The molecule has 10 nitrogen and oxygen atoms in total. The predicted octanol–water partition coefficient (Wildman–Crippen LogP) is 4.73. The summed E-state index contributed by atoms with van der Waals surface area (Å²) in [4.78, 5) is 31.4. The fourth-order valence-corrected chi connectivity index (χ4v) is 5.44. The summed E-state index contributed by atoms with van der Waals surface area (Å²) in [5, 5.41) is 8.28. The molecule has 1 aromatic carbocycles. The van der Waals surface area contributed by atoms with Gasteiger partial charge in [-0.2, -0.15) is 5.10 Å². The number of piperazine rings is 1. The zero-order chi connectivity index (χ0) is 27.9. The normalized spacial score (nSPS) is 19.7. The smallest absolute Gasteiger partial charge is 0.414 e. The predicted molar refractivity (Wildman–Crippen MR) is 153 cm³/mol. The molecule has 2 aromatic rings. The molecule has 2 atom stereocenters. The summed E-state index contributed by atoms with van der Waals surface area (Å²) in [6.45, 7) is 13.2. The fraction of sp³-hybridized carbons (Fsp3) is 0.621. The van der Waals surface area contributed by atoms with Gasteiger partial charge in [-0.15, -0.1) is 0 Å². The Hall–Kier alpha value is -3.11. The first-order valence-corrected chi connectivity index (χ1v) is 14.3. The van der Waals surface area contributed by atoms with Crippen LogP contribution in [0.2, 0.25) is 0 Å². The highest BCUT2D eigenvalue weighted by molar-refractivity contribution is 6.01. The molecule has 4 rings (SSSR count). The van der Waals surface area contributed by atoms with Gasteiger partial charge in [0.15, 0.2) is 0 Å². The number of unbranched alkanes of at least 4 members (excludes halogenated alkanes) is 3. The maximum Gasteiger partial charge on any atom is 0.414 e. The van der Waals surface area contributed by atoms with E-state index in [1.165, 1.54) is 32.8 Å². The van der Waals surface area contributed by atoms with Crippen LogP contribution in [0.5, 0.6) is 0 Å². The largest absolute Gasteiger partial charge is 0.452 e. The number of ether oxygens (including phenoxy) is 2. The highest BCUT2D eigenvalue weighted by atomic mass is 16.6. The molecular weight excluding hydrogens is 496 g/mol. The Morgan fingerprint density at radius 1 is 1.10 bits per heavy atom. The third-order valence-electron chi connectivity index (χ3n) is 7.38. The van der Waals surface area contributed by atoms with E-state index in [1.807, 2.05) is 56.0 Å². The number of nitrogens with one attached hydrogen (secondary N) is 1. The molecular formula is C29H44N6O4. The molecule has 1 unspecified atom stereocenters. The van der Waals surface area contributed by atoms with Crippen molar-refractivity contribution in [3.05, 3.63) is 30.6 Å². The minimum atomic E-state index is -0.458. The van der Waals surface area contributed by atoms with Gasteiger partial charge < -0.3 is 19.7 Å². The summed E-state index contributed by atoms with van der Waals surface area (Å²) in [6.07, 6.45) is 7.90. The average Bonchev–Trinajstić information content (AvgIpc) is 3.38. The molecule has 1 saturated heterocycles. The summed E-state index contributed by atoms with van der Waals surface area (Å²) in [5.41, 5.74) is 3.09. The van der Waals surface area contributed by atoms with Gasteiger partial charge in [0, 0.05) is 37.4 Å². The van der Waals surface area contributed by atoms with Gasteiger partial charge in [0.25, 0.3) is 0 Å². The van der Waals surface area contributed by atoms with E-state index >= 15 is 0 Å². The molecule has 0 bridgehead atoms. The number of anilines is 2. The lowest BCUT2D eigenvalue weighted by atomic mass is 10.0. The topological polar surface area (TPSA) is 92.2 Å². The lowest BCUT2D eigenvalue weighted by Gasteiger charge is -2.40. The first-order valence-electron chi connectivity index (χ1n) is 14.3. The van der Waals surface area contributed by atoms with Crippen LogP contribution in [0, 0.1) is 0 Å². The number of hydrogen-bond donors (Lipinski definition) is 1. The van der Waals surface area contributed by atoms with E-state index in [1.54, 1.807) is 9.80 Å². The van der Waals surface area contributed by atoms with Gasteiger partial charge in [-0.05, 0) is 51.4 Å². The SMILES string of the molecule is CCCCCCN1CCNC(Cn2cc(-c3ccc4c(c3)N(C(=O)OC(C)C)C[C@H](C)N4C(=O)OC)cn2)C1. The van der Waals surface area contributed by atoms with E-state index in [0.29, 0.717) is 24.0 Å². The van der Waals surface area contributed by atoms with Crippen molar-refractivity contribution in [3.63, 3.8) is 0 Å². The number of benzene rings is 1. The average molecular weight is 541 g/mol. The zero-order valence-corrected chi connectivity index (χ0v) is 24.1. The van der Waals surface area contributed by atoms with E-state index < -0.39 is 12.2 Å². The van der Waals surface area contributed by atoms with E-state index in [9.17, 15) is 9.59 Å². The Bertz CT molecular complexity index is 1120. The second-order valence-corrected chi connectivity index (χ2v) is 10.9. The van der Waals surface area contributed by atoms with Crippen molar-refractivity contribution in [3.8, 4) is 11.1 Å². The molecule has 0 aliphatic carbocycles. The lowest BCUT2D eigenvalue weighted by Crippen LogP contribution is -2.52. The van der Waals surface area contributed by atoms with Crippen LogP contribution in [0.25, 0.3) is 11.1 Å². The molecule has 214 valence electrons. The molecule has 2 aliphatic heterocycles. The summed E-state index contributed by atoms with van der Waals surface area (Å²) < 4.78 is 12.5. The molecule has 1 aromatic heterocycles. The molecule has 1 fully saturated rings. The van der Waals surface area contributed by atoms with Gasteiger partial charge >= 0.3 is 12.2 Å². The molecule has 2 amide bonds. The molecule has 10 heteroatoms. The molecule has 0 spiro atoms. The van der Waals surface area contributed by atoms with Crippen LogP contribution in [-0.4, -0.2) is 84.9 Å². The second kappa shape index (κ2) is 13.3. The monoisotopic (exact) mass is 540 g/mol. The third-order valence-corrected chi connectivity index (χ3v) is 7.38. The molecule has 2 aliphatic rings. The Labute approximate surface area is 232 Å². The van der Waals surface area contributed by atoms with Crippen LogP contribution in [0.15, 0.2) is 30.6 Å². The molecule has 3 heterocycles. The Kier molecular flexibility index (Phi) is 9.85. The summed E-state index contributed by atoms with van der Waals surface area (Å²) >= 11 is 0. The quantitative estimate of drug-likeness (QED) is 0.460. The van der Waals surface area contributed by atoms with Gasteiger partial charge in [-0.3, -0.25) is 14.5 Å². The van der Waals surface area contributed by atoms with Crippen molar-refractivity contribution in [2.45, 2.75) is 78.1 Å². The van der Waals surface area contributed by atoms with Gasteiger partial charge in [-0.1, -0.05) is 32.3 Å². The molecule has 39 heavy (non-hydrogen) atoms. The molecule has 0 saturated carbocycles. The first kappa shape index (κ1) is 28.9. The maximum atomic E-state index is 13.0. The Morgan fingerprint density at radius 3 is 2.67 bits per heavy atom. The summed E-state index contributed by atoms with van der Waals surface area (Å²) in [6, 6.07) is 5.82. The number of rotatable bonds is 9. The Balaban J connectivity index is 1.51. The summed E-state index contributed by atoms with van der Waals surface area (Å²) in [5.74, 6) is 0. The zero-order valence-electron chi connectivity index (χ0n) is 24.1. The van der Waals surface area contributed by atoms with E-state index in [4.69, 9.17) is 9.47 Å². The number of methoxy groups -OCH3 is 1. The van der Waals surface area contributed by atoms with Crippen LogP contribution in [0.1, 0.15) is 53.4 Å². The second-order valence-electron chi connectivity index (χ2n) is 10.9. The number of carbonyl (C=O) groups is 2. The highest BCUT2D eigenvalue weighted by Gasteiger charge is 2.36. The first-order chi connectivity index (χ1) is 18.8. The maximum absolute atomic E-state index is 13.0. The summed E-state index contributed by atoms with van der Waals surface area (Å²) in [7, 11) is 1.36. The van der Waals surface area contributed by atoms with Crippen molar-refractivity contribution >= 4 is 23.6 Å². The number of carbonyl (C=O) groups excluding carboxylic acids is 2. The molecule has 0 radical (unpaired) electrons. The van der Waals surface area contributed by atoms with E-state index in [2.05, 4.69) is 22.2 Å². The number of nitrogens with zero attached hydrogens (tertiary/aromatic N) is 5. The van der Waals surface area contributed by atoms with Crippen molar-refractivity contribution < 1.29 is 19.1 Å². The standard InChI is InChI=1S/C29H44N6O4/c1-6-7-8-9-13-32-14-12-30-25(19-32)20-33-18-24(16-31-33)23-10-11-26-27(15-23)34(28(36)39-21(2)3)17-22(4)35(26)29(37)38-5/h10-11,15-16,18,21-22,25,30H,6-9,12-14,17,19-20H2,1-5H3/t22-,25?/m0/s1. The van der Waals surface area contributed by atoms with Gasteiger partial charge in [0.2, 0.25) is 0 Å². The van der Waals surface area contributed by atoms with Crippen molar-refractivity contribution in [1.29, 1.82) is 0 Å².